The summed E-state index contributed by atoms with van der Waals surface area (Å²) < 4.78 is 5.46. The van der Waals surface area contributed by atoms with Crippen LogP contribution in [0.25, 0.3) is 10.6 Å². The van der Waals surface area contributed by atoms with E-state index in [4.69, 9.17) is 4.74 Å². The van der Waals surface area contributed by atoms with Gasteiger partial charge in [0.05, 0.1) is 7.11 Å². The van der Waals surface area contributed by atoms with Crippen LogP contribution in [0, 0.1) is 25.7 Å². The number of methoxy groups -OCH3 is 1. The Morgan fingerprint density at radius 2 is 1.76 bits per heavy atom. The normalized spacial score (nSPS) is 20.5. The van der Waals surface area contributed by atoms with E-state index >= 15 is 0 Å². The van der Waals surface area contributed by atoms with E-state index in [0.717, 1.165) is 59.2 Å². The highest BCUT2D eigenvalue weighted by atomic mass is 32.1. The SMILES string of the molecule is COc1ccc(C2CCC(CN(C(=O)C3CCCCC3)c3cccc(-c4nnc(C)s4)c3)CC2)cc1C. The number of hydrogen-bond acceptors (Lipinski definition) is 5. The molecule has 0 saturated heterocycles. The lowest BCUT2D eigenvalue weighted by Crippen LogP contribution is -2.41. The first-order chi connectivity index (χ1) is 18.0. The van der Waals surface area contributed by atoms with Crippen molar-refractivity contribution >= 4 is 22.9 Å². The molecule has 5 nitrogen and oxygen atoms in total. The van der Waals surface area contributed by atoms with Gasteiger partial charge in [-0.15, -0.1) is 10.2 Å². The smallest absolute Gasteiger partial charge is 0.230 e. The molecule has 2 aliphatic rings. The first kappa shape index (κ1) is 25.9. The summed E-state index contributed by atoms with van der Waals surface area (Å²) in [6.07, 6.45) is 10.3. The Morgan fingerprint density at radius 3 is 2.43 bits per heavy atom. The summed E-state index contributed by atoms with van der Waals surface area (Å²) in [6, 6.07) is 15.0. The van der Waals surface area contributed by atoms with Crippen molar-refractivity contribution in [1.82, 2.24) is 10.2 Å². The van der Waals surface area contributed by atoms with Gasteiger partial charge in [0, 0.05) is 23.7 Å². The Balaban J connectivity index is 1.32. The molecule has 0 atom stereocenters. The van der Waals surface area contributed by atoms with E-state index in [-0.39, 0.29) is 5.92 Å². The molecular weight excluding hydrogens is 478 g/mol. The van der Waals surface area contributed by atoms with E-state index in [1.54, 1.807) is 18.4 Å². The van der Waals surface area contributed by atoms with Gasteiger partial charge in [-0.05, 0) is 93.5 Å². The number of rotatable bonds is 7. The highest BCUT2D eigenvalue weighted by molar-refractivity contribution is 7.14. The maximum atomic E-state index is 13.9. The summed E-state index contributed by atoms with van der Waals surface area (Å²) in [6.45, 7) is 4.91. The lowest BCUT2D eigenvalue weighted by molar-refractivity contribution is -0.123. The van der Waals surface area contributed by atoms with E-state index in [2.05, 4.69) is 64.5 Å². The highest BCUT2D eigenvalue weighted by Crippen LogP contribution is 2.39. The average molecular weight is 518 g/mol. The molecule has 0 unspecified atom stereocenters. The number of hydrogen-bond donors (Lipinski definition) is 0. The van der Waals surface area contributed by atoms with Gasteiger partial charge in [-0.1, -0.05) is 54.9 Å². The minimum absolute atomic E-state index is 0.153. The first-order valence-electron chi connectivity index (χ1n) is 13.9. The average Bonchev–Trinajstić information content (AvgIpc) is 3.38. The predicted molar refractivity (Wildman–Crippen MR) is 151 cm³/mol. The third-order valence-electron chi connectivity index (χ3n) is 8.33. The van der Waals surface area contributed by atoms with Crippen LogP contribution < -0.4 is 9.64 Å². The number of carbonyl (C=O) groups is 1. The highest BCUT2D eigenvalue weighted by Gasteiger charge is 2.31. The van der Waals surface area contributed by atoms with Crippen LogP contribution in [-0.4, -0.2) is 29.8 Å². The van der Waals surface area contributed by atoms with Crippen LogP contribution >= 0.6 is 11.3 Å². The predicted octanol–water partition coefficient (Wildman–Crippen LogP) is 7.72. The Hall–Kier alpha value is -2.73. The van der Waals surface area contributed by atoms with Gasteiger partial charge >= 0.3 is 0 Å². The van der Waals surface area contributed by atoms with Crippen LogP contribution in [0.1, 0.15) is 79.8 Å². The molecule has 2 aliphatic carbocycles. The summed E-state index contributed by atoms with van der Waals surface area (Å²) in [7, 11) is 1.73. The zero-order valence-corrected chi connectivity index (χ0v) is 23.2. The summed E-state index contributed by atoms with van der Waals surface area (Å²) in [5.74, 6) is 2.54. The molecule has 2 saturated carbocycles. The van der Waals surface area contributed by atoms with Gasteiger partial charge in [0.2, 0.25) is 5.91 Å². The van der Waals surface area contributed by atoms with Gasteiger partial charge < -0.3 is 9.64 Å². The molecule has 37 heavy (non-hydrogen) atoms. The van der Waals surface area contributed by atoms with E-state index < -0.39 is 0 Å². The molecule has 1 amide bonds. The van der Waals surface area contributed by atoms with Crippen LogP contribution in [0.4, 0.5) is 5.69 Å². The van der Waals surface area contributed by atoms with Crippen molar-refractivity contribution in [3.05, 3.63) is 58.6 Å². The maximum Gasteiger partial charge on any atom is 0.230 e. The lowest BCUT2D eigenvalue weighted by Gasteiger charge is -2.35. The van der Waals surface area contributed by atoms with Gasteiger partial charge in [0.25, 0.3) is 0 Å². The Bertz CT molecular complexity index is 1210. The molecule has 5 rings (SSSR count). The maximum absolute atomic E-state index is 13.9. The molecule has 6 heteroatoms. The van der Waals surface area contributed by atoms with Crippen molar-refractivity contribution in [3.63, 3.8) is 0 Å². The van der Waals surface area contributed by atoms with Crippen LogP contribution in [0.15, 0.2) is 42.5 Å². The third kappa shape index (κ3) is 6.06. The van der Waals surface area contributed by atoms with Gasteiger partial charge in [0.15, 0.2) is 0 Å². The van der Waals surface area contributed by atoms with Crippen LogP contribution in [0.5, 0.6) is 5.75 Å². The molecule has 0 spiro atoms. The Kier molecular flexibility index (Phi) is 8.23. The van der Waals surface area contributed by atoms with Crippen molar-refractivity contribution in [2.75, 3.05) is 18.6 Å². The standard InChI is InChI=1S/C31H39N3O2S/c1-21-18-26(16-17-29(21)36-3)24-14-12-23(13-15-24)20-34(31(35)25-8-5-4-6-9-25)28-11-7-10-27(19-28)30-33-32-22(2)37-30/h7,10-11,16-19,23-25H,4-6,8-9,12-15,20H2,1-3H3. The summed E-state index contributed by atoms with van der Waals surface area (Å²) in [4.78, 5) is 16.0. The van der Waals surface area contributed by atoms with Crippen molar-refractivity contribution < 1.29 is 9.53 Å². The largest absolute Gasteiger partial charge is 0.496 e. The monoisotopic (exact) mass is 517 g/mol. The van der Waals surface area contributed by atoms with E-state index in [9.17, 15) is 4.79 Å². The summed E-state index contributed by atoms with van der Waals surface area (Å²) >= 11 is 1.60. The fourth-order valence-electron chi connectivity index (χ4n) is 6.20. The number of aromatic nitrogens is 2. The van der Waals surface area contributed by atoms with Crippen molar-refractivity contribution in [3.8, 4) is 16.3 Å². The lowest BCUT2D eigenvalue weighted by atomic mass is 9.78. The molecule has 0 bridgehead atoms. The molecule has 1 heterocycles. The molecule has 2 aromatic carbocycles. The Morgan fingerprint density at radius 1 is 0.973 bits per heavy atom. The number of aryl methyl sites for hydroxylation is 2. The molecular formula is C31H39N3O2S. The zero-order chi connectivity index (χ0) is 25.8. The fourth-order valence-corrected chi connectivity index (χ4v) is 6.89. The zero-order valence-electron chi connectivity index (χ0n) is 22.4. The minimum Gasteiger partial charge on any atom is -0.496 e. The number of amides is 1. The van der Waals surface area contributed by atoms with Crippen LogP contribution in [0.2, 0.25) is 0 Å². The van der Waals surface area contributed by atoms with Gasteiger partial charge in [0.1, 0.15) is 15.8 Å². The van der Waals surface area contributed by atoms with Gasteiger partial charge in [-0.25, -0.2) is 0 Å². The first-order valence-corrected chi connectivity index (χ1v) is 14.7. The second-order valence-electron chi connectivity index (χ2n) is 10.9. The topological polar surface area (TPSA) is 55.3 Å². The second-order valence-corrected chi connectivity index (χ2v) is 12.1. The molecule has 3 aromatic rings. The van der Waals surface area contributed by atoms with E-state index in [1.807, 2.05) is 6.92 Å². The van der Waals surface area contributed by atoms with Gasteiger partial charge in [-0.2, -0.15) is 0 Å². The molecule has 196 valence electrons. The van der Waals surface area contributed by atoms with Crippen LogP contribution in [-0.2, 0) is 4.79 Å². The summed E-state index contributed by atoms with van der Waals surface area (Å²) in [5, 5.41) is 10.4. The Labute approximate surface area is 225 Å². The second kappa shape index (κ2) is 11.8. The minimum atomic E-state index is 0.153. The quantitative estimate of drug-likeness (QED) is 0.322. The van der Waals surface area contributed by atoms with E-state index in [1.165, 1.54) is 43.2 Å². The number of nitrogens with zero attached hydrogens (tertiary/aromatic N) is 3. The number of carbonyl (C=O) groups excluding carboxylic acids is 1. The third-order valence-corrected chi connectivity index (χ3v) is 9.22. The van der Waals surface area contributed by atoms with Crippen molar-refractivity contribution in [1.29, 1.82) is 0 Å². The van der Waals surface area contributed by atoms with E-state index in [0.29, 0.717) is 17.7 Å². The number of ether oxygens (including phenoxy) is 1. The van der Waals surface area contributed by atoms with Gasteiger partial charge in [-0.3, -0.25) is 4.79 Å². The number of benzene rings is 2. The molecule has 0 N–H and O–H groups in total. The fraction of sp³-hybridized carbons (Fsp3) is 0.516. The number of anilines is 1. The molecule has 0 aliphatic heterocycles. The van der Waals surface area contributed by atoms with Crippen LogP contribution in [0.3, 0.4) is 0 Å². The van der Waals surface area contributed by atoms with Crippen molar-refractivity contribution in [2.45, 2.75) is 77.6 Å². The molecule has 2 fully saturated rings. The molecule has 0 radical (unpaired) electrons. The molecule has 1 aromatic heterocycles. The van der Waals surface area contributed by atoms with Crippen molar-refractivity contribution in [2.24, 2.45) is 11.8 Å². The summed E-state index contributed by atoms with van der Waals surface area (Å²) in [5.41, 5.74) is 4.68.